The summed E-state index contributed by atoms with van der Waals surface area (Å²) in [5, 5.41) is 2.91. The van der Waals surface area contributed by atoms with E-state index in [0.29, 0.717) is 24.3 Å². The molecule has 3 rings (SSSR count). The lowest BCUT2D eigenvalue weighted by atomic mass is 10.1. The number of amides is 2. The van der Waals surface area contributed by atoms with Crippen LogP contribution in [0, 0.1) is 13.8 Å². The summed E-state index contributed by atoms with van der Waals surface area (Å²) in [7, 11) is 0. The van der Waals surface area contributed by atoms with Crippen LogP contribution in [0.25, 0.3) is 5.52 Å². The molecule has 0 aliphatic carbocycles. The molecule has 1 N–H and O–H groups in total. The molecule has 0 fully saturated rings. The molecule has 6 heteroatoms. The Morgan fingerprint density at radius 2 is 1.85 bits per heavy atom. The Balaban J connectivity index is 2.01. The number of fused-ring (bicyclic) bond motifs is 1. The monoisotopic (exact) mass is 364 g/mol. The van der Waals surface area contributed by atoms with Crippen molar-refractivity contribution in [2.24, 2.45) is 0 Å². The maximum absolute atomic E-state index is 12.9. The van der Waals surface area contributed by atoms with Crippen molar-refractivity contribution >= 4 is 23.0 Å². The molecule has 140 valence electrons. The molecule has 0 saturated heterocycles. The van der Waals surface area contributed by atoms with Crippen LogP contribution in [0.3, 0.4) is 0 Å². The van der Waals surface area contributed by atoms with Gasteiger partial charge < -0.3 is 10.2 Å². The fourth-order valence-electron chi connectivity index (χ4n) is 3.15. The van der Waals surface area contributed by atoms with Crippen LogP contribution in [0.2, 0.25) is 0 Å². The average Bonchev–Trinajstić information content (AvgIpc) is 3.04. The van der Waals surface area contributed by atoms with Crippen LogP contribution < -0.4 is 5.32 Å². The highest BCUT2D eigenvalue weighted by molar-refractivity contribution is 6.06. The molecule has 0 aliphatic rings. The molecule has 2 amide bonds. The first-order valence-corrected chi connectivity index (χ1v) is 9.11. The van der Waals surface area contributed by atoms with Crippen molar-refractivity contribution in [3.63, 3.8) is 0 Å². The first-order valence-electron chi connectivity index (χ1n) is 9.11. The molecule has 0 bridgehead atoms. The Labute approximate surface area is 158 Å². The van der Waals surface area contributed by atoms with Crippen LogP contribution in [0.1, 0.15) is 46.1 Å². The number of hydrogen-bond donors (Lipinski definition) is 1. The summed E-state index contributed by atoms with van der Waals surface area (Å²) in [6.45, 7) is 8.98. The normalized spacial score (nSPS) is 10.8. The first-order chi connectivity index (χ1) is 13.0. The third-order valence-electron chi connectivity index (χ3n) is 4.63. The van der Waals surface area contributed by atoms with Gasteiger partial charge >= 0.3 is 0 Å². The Kier molecular flexibility index (Phi) is 5.26. The second-order valence-electron chi connectivity index (χ2n) is 6.49. The van der Waals surface area contributed by atoms with Crippen LogP contribution in [-0.4, -0.2) is 39.2 Å². The summed E-state index contributed by atoms with van der Waals surface area (Å²) in [4.78, 5) is 31.8. The second kappa shape index (κ2) is 7.61. The van der Waals surface area contributed by atoms with Gasteiger partial charge in [0, 0.05) is 25.0 Å². The zero-order chi connectivity index (χ0) is 19.6. The lowest BCUT2D eigenvalue weighted by molar-refractivity contribution is 0.0769. The van der Waals surface area contributed by atoms with Crippen LogP contribution in [-0.2, 0) is 0 Å². The van der Waals surface area contributed by atoms with Crippen molar-refractivity contribution < 1.29 is 9.59 Å². The van der Waals surface area contributed by atoms with Gasteiger partial charge in [-0.05, 0) is 51.5 Å². The van der Waals surface area contributed by atoms with E-state index >= 15 is 0 Å². The van der Waals surface area contributed by atoms with E-state index in [4.69, 9.17) is 0 Å². The summed E-state index contributed by atoms with van der Waals surface area (Å²) in [5.74, 6) is -0.322. The molecule has 1 aromatic carbocycles. The molecule has 0 aliphatic heterocycles. The largest absolute Gasteiger partial charge is 0.338 e. The molecule has 0 unspecified atom stereocenters. The van der Waals surface area contributed by atoms with E-state index in [9.17, 15) is 9.59 Å². The van der Waals surface area contributed by atoms with Gasteiger partial charge in [-0.1, -0.05) is 23.8 Å². The maximum atomic E-state index is 12.9. The second-order valence-corrected chi connectivity index (χ2v) is 6.49. The number of aromatic nitrogens is 2. The lowest BCUT2D eigenvalue weighted by Crippen LogP contribution is -2.31. The predicted molar refractivity (Wildman–Crippen MR) is 106 cm³/mol. The van der Waals surface area contributed by atoms with Crippen LogP contribution in [0.5, 0.6) is 0 Å². The van der Waals surface area contributed by atoms with Gasteiger partial charge in [-0.3, -0.25) is 14.0 Å². The Morgan fingerprint density at radius 1 is 1.11 bits per heavy atom. The lowest BCUT2D eigenvalue weighted by Gasteiger charge is -2.17. The quantitative estimate of drug-likeness (QED) is 0.751. The number of carbonyl (C=O) groups excluding carboxylic acids is 2. The minimum Gasteiger partial charge on any atom is -0.338 e. The van der Waals surface area contributed by atoms with E-state index in [2.05, 4.69) is 10.3 Å². The molecule has 0 saturated carbocycles. The number of nitrogens with one attached hydrogen (secondary N) is 1. The molecule has 0 radical (unpaired) electrons. The summed E-state index contributed by atoms with van der Waals surface area (Å²) < 4.78 is 1.66. The molecular formula is C21H24N4O2. The molecular weight excluding hydrogens is 340 g/mol. The van der Waals surface area contributed by atoms with Crippen molar-refractivity contribution in [1.29, 1.82) is 0 Å². The zero-order valence-corrected chi connectivity index (χ0v) is 16.1. The van der Waals surface area contributed by atoms with E-state index in [1.54, 1.807) is 21.6 Å². The standard InChI is InChI=1S/C21H24N4O2/c1-5-24(6-2)21(27)18-17-9-7-8-12-25(17)19(23-18)20(26)22-16-11-10-14(3)13-15(16)4/h7-13H,5-6H2,1-4H3,(H,22,26). The van der Waals surface area contributed by atoms with E-state index < -0.39 is 0 Å². The summed E-state index contributed by atoms with van der Waals surface area (Å²) >= 11 is 0. The van der Waals surface area contributed by atoms with Gasteiger partial charge in [0.15, 0.2) is 5.69 Å². The highest BCUT2D eigenvalue weighted by atomic mass is 16.2. The first kappa shape index (κ1) is 18.6. The Morgan fingerprint density at radius 3 is 2.52 bits per heavy atom. The minimum atomic E-state index is -0.346. The zero-order valence-electron chi connectivity index (χ0n) is 16.1. The number of anilines is 1. The third kappa shape index (κ3) is 3.56. The van der Waals surface area contributed by atoms with Crippen LogP contribution in [0.15, 0.2) is 42.6 Å². The van der Waals surface area contributed by atoms with Gasteiger partial charge in [-0.2, -0.15) is 0 Å². The molecule has 0 atom stereocenters. The molecule has 27 heavy (non-hydrogen) atoms. The van der Waals surface area contributed by atoms with Crippen LogP contribution >= 0.6 is 0 Å². The fourth-order valence-corrected chi connectivity index (χ4v) is 3.15. The van der Waals surface area contributed by atoms with Crippen molar-refractivity contribution in [2.45, 2.75) is 27.7 Å². The van der Waals surface area contributed by atoms with Crippen molar-refractivity contribution in [1.82, 2.24) is 14.3 Å². The van der Waals surface area contributed by atoms with Gasteiger partial charge in [0.25, 0.3) is 11.8 Å². The maximum Gasteiger partial charge on any atom is 0.292 e. The SMILES string of the molecule is CCN(CC)C(=O)c1nc(C(=O)Nc2ccc(C)cc2C)n2ccccc12. The summed E-state index contributed by atoms with van der Waals surface area (Å²) in [6, 6.07) is 11.3. The van der Waals surface area contributed by atoms with Gasteiger partial charge in [0.05, 0.1) is 5.52 Å². The number of pyridine rings is 1. The minimum absolute atomic E-state index is 0.172. The Hall–Kier alpha value is -3.15. The van der Waals surface area contributed by atoms with Crippen LogP contribution in [0.4, 0.5) is 5.69 Å². The number of nitrogens with zero attached hydrogens (tertiary/aromatic N) is 3. The highest BCUT2D eigenvalue weighted by Gasteiger charge is 2.24. The van der Waals surface area contributed by atoms with Crippen molar-refractivity contribution in [2.75, 3.05) is 18.4 Å². The number of rotatable bonds is 5. The van der Waals surface area contributed by atoms with Gasteiger partial charge in [0.2, 0.25) is 5.82 Å². The van der Waals surface area contributed by atoms with Crippen molar-refractivity contribution in [3.05, 3.63) is 65.2 Å². The summed E-state index contributed by atoms with van der Waals surface area (Å²) in [6.07, 6.45) is 1.75. The van der Waals surface area contributed by atoms with Crippen molar-refractivity contribution in [3.8, 4) is 0 Å². The van der Waals surface area contributed by atoms with Gasteiger partial charge in [-0.15, -0.1) is 0 Å². The molecule has 6 nitrogen and oxygen atoms in total. The predicted octanol–water partition coefficient (Wildman–Crippen LogP) is 3.69. The van der Waals surface area contributed by atoms with E-state index in [0.717, 1.165) is 16.8 Å². The third-order valence-corrected chi connectivity index (χ3v) is 4.63. The smallest absolute Gasteiger partial charge is 0.292 e. The number of benzene rings is 1. The molecule has 2 heterocycles. The topological polar surface area (TPSA) is 66.7 Å². The number of imidazole rings is 1. The van der Waals surface area contributed by atoms with Gasteiger partial charge in [-0.25, -0.2) is 4.98 Å². The van der Waals surface area contributed by atoms with Gasteiger partial charge in [0.1, 0.15) is 0 Å². The molecule has 0 spiro atoms. The Bertz CT molecular complexity index is 1000. The highest BCUT2D eigenvalue weighted by Crippen LogP contribution is 2.19. The molecule has 3 aromatic rings. The number of aryl methyl sites for hydroxylation is 2. The van der Waals surface area contributed by atoms with E-state index in [1.165, 1.54) is 0 Å². The fraction of sp³-hybridized carbons (Fsp3) is 0.286. The average molecular weight is 364 g/mol. The number of carbonyl (C=O) groups is 2. The summed E-state index contributed by atoms with van der Waals surface area (Å²) in [5.41, 5.74) is 3.76. The van der Waals surface area contributed by atoms with E-state index in [-0.39, 0.29) is 17.6 Å². The van der Waals surface area contributed by atoms with E-state index in [1.807, 2.05) is 58.0 Å². The number of hydrogen-bond acceptors (Lipinski definition) is 3. The molecule has 2 aromatic heterocycles.